The van der Waals surface area contributed by atoms with Gasteiger partial charge in [-0.15, -0.1) is 0 Å². The van der Waals surface area contributed by atoms with Crippen molar-refractivity contribution in [2.24, 2.45) is 5.73 Å². The number of rotatable bonds is 2. The normalized spacial score (nSPS) is 10.3. The molecule has 10 heavy (non-hydrogen) atoms. The fourth-order valence-electron chi connectivity index (χ4n) is 0.756. The van der Waals surface area contributed by atoms with Gasteiger partial charge >= 0.3 is 0 Å². The number of halogens is 1. The van der Waals surface area contributed by atoms with Gasteiger partial charge in [0, 0.05) is 17.8 Å². The molecule has 1 heterocycles. The zero-order valence-electron chi connectivity index (χ0n) is 5.39. The van der Waals surface area contributed by atoms with Crippen LogP contribution in [0, 0.1) is 0 Å². The van der Waals surface area contributed by atoms with Crippen molar-refractivity contribution in [3.63, 3.8) is 0 Å². The quantitative estimate of drug-likeness (QED) is 0.666. The Morgan fingerprint density at radius 1 is 1.70 bits per heavy atom. The molecule has 0 radical (unpaired) electrons. The van der Waals surface area contributed by atoms with Crippen LogP contribution in [0.4, 0.5) is 0 Å². The summed E-state index contributed by atoms with van der Waals surface area (Å²) in [6.45, 7) is 0.510. The van der Waals surface area contributed by atoms with E-state index in [9.17, 15) is 0 Å². The average molecular weight is 205 g/mol. The number of aliphatic hydroxyl groups excluding tert-OH is 1. The molecule has 0 fully saturated rings. The summed E-state index contributed by atoms with van der Waals surface area (Å²) in [6.07, 6.45) is 0. The van der Waals surface area contributed by atoms with E-state index in [1.54, 1.807) is 0 Å². The van der Waals surface area contributed by atoms with Crippen molar-refractivity contribution < 1.29 is 5.11 Å². The highest BCUT2D eigenvalue weighted by molar-refractivity contribution is 9.10. The summed E-state index contributed by atoms with van der Waals surface area (Å²) < 4.78 is 0.815. The SMILES string of the molecule is NCc1cc(CO)c(Br)[nH]1. The van der Waals surface area contributed by atoms with Crippen molar-refractivity contribution in [1.82, 2.24) is 4.98 Å². The summed E-state index contributed by atoms with van der Waals surface area (Å²) in [7, 11) is 0. The lowest BCUT2D eigenvalue weighted by molar-refractivity contribution is 0.281. The fraction of sp³-hybridized carbons (Fsp3) is 0.333. The van der Waals surface area contributed by atoms with E-state index in [-0.39, 0.29) is 6.61 Å². The molecule has 0 saturated heterocycles. The van der Waals surface area contributed by atoms with E-state index in [0.29, 0.717) is 6.54 Å². The molecule has 0 aliphatic rings. The van der Waals surface area contributed by atoms with Gasteiger partial charge in [0.15, 0.2) is 0 Å². The Hall–Kier alpha value is -0.320. The van der Waals surface area contributed by atoms with E-state index in [2.05, 4.69) is 20.9 Å². The Bertz CT molecular complexity index is 222. The second kappa shape index (κ2) is 3.18. The highest BCUT2D eigenvalue weighted by Crippen LogP contribution is 2.16. The Balaban J connectivity index is 2.92. The third kappa shape index (κ3) is 1.39. The van der Waals surface area contributed by atoms with Gasteiger partial charge in [0.2, 0.25) is 0 Å². The minimum Gasteiger partial charge on any atom is -0.392 e. The molecule has 4 N–H and O–H groups in total. The van der Waals surface area contributed by atoms with E-state index in [1.165, 1.54) is 0 Å². The van der Waals surface area contributed by atoms with Gasteiger partial charge in [-0.3, -0.25) is 0 Å². The van der Waals surface area contributed by atoms with Gasteiger partial charge in [-0.05, 0) is 22.0 Å². The summed E-state index contributed by atoms with van der Waals surface area (Å²) in [5, 5.41) is 8.74. The third-order valence-electron chi connectivity index (χ3n) is 1.29. The van der Waals surface area contributed by atoms with Crippen LogP contribution in [0.2, 0.25) is 0 Å². The molecular weight excluding hydrogens is 196 g/mol. The molecule has 0 saturated carbocycles. The van der Waals surface area contributed by atoms with Crippen molar-refractivity contribution in [2.45, 2.75) is 13.2 Å². The first-order valence-corrected chi connectivity index (χ1v) is 3.74. The Morgan fingerprint density at radius 3 is 2.70 bits per heavy atom. The summed E-state index contributed by atoms with van der Waals surface area (Å²) in [5.74, 6) is 0. The maximum absolute atomic E-state index is 8.74. The van der Waals surface area contributed by atoms with Gasteiger partial charge in [-0.1, -0.05) is 0 Å². The lowest BCUT2D eigenvalue weighted by Gasteiger charge is -1.86. The highest BCUT2D eigenvalue weighted by atomic mass is 79.9. The molecule has 0 aliphatic carbocycles. The number of aromatic amines is 1. The molecule has 1 rings (SSSR count). The zero-order valence-corrected chi connectivity index (χ0v) is 6.98. The predicted octanol–water partition coefficient (Wildman–Crippen LogP) is 0.728. The van der Waals surface area contributed by atoms with Crippen LogP contribution in [0.15, 0.2) is 10.7 Å². The van der Waals surface area contributed by atoms with Gasteiger partial charge in [0.25, 0.3) is 0 Å². The van der Waals surface area contributed by atoms with Gasteiger partial charge in [-0.2, -0.15) is 0 Å². The first-order valence-electron chi connectivity index (χ1n) is 2.95. The molecule has 0 amide bonds. The van der Waals surface area contributed by atoms with Gasteiger partial charge < -0.3 is 15.8 Å². The van der Waals surface area contributed by atoms with Crippen molar-refractivity contribution >= 4 is 15.9 Å². The molecule has 0 aliphatic heterocycles. The maximum atomic E-state index is 8.74. The molecule has 4 heteroatoms. The topological polar surface area (TPSA) is 62.0 Å². The van der Waals surface area contributed by atoms with E-state index < -0.39 is 0 Å². The van der Waals surface area contributed by atoms with E-state index in [4.69, 9.17) is 10.8 Å². The number of nitrogens with one attached hydrogen (secondary N) is 1. The lowest BCUT2D eigenvalue weighted by atomic mass is 10.3. The van der Waals surface area contributed by atoms with Gasteiger partial charge in [0.1, 0.15) is 0 Å². The predicted molar refractivity (Wildman–Crippen MR) is 42.3 cm³/mol. The van der Waals surface area contributed by atoms with Gasteiger partial charge in [0.05, 0.1) is 11.2 Å². The molecule has 1 aromatic rings. The van der Waals surface area contributed by atoms with Crippen LogP contribution in [0.5, 0.6) is 0 Å². The Kier molecular flexibility index (Phi) is 2.48. The minimum atomic E-state index is 0.0388. The zero-order chi connectivity index (χ0) is 7.56. The van der Waals surface area contributed by atoms with E-state index in [0.717, 1.165) is 15.9 Å². The maximum Gasteiger partial charge on any atom is 0.0878 e. The standard InChI is InChI=1S/C6H9BrN2O/c7-6-4(3-10)1-5(2-8)9-6/h1,9-10H,2-3,8H2. The second-order valence-corrected chi connectivity index (χ2v) is 2.79. The van der Waals surface area contributed by atoms with Crippen LogP contribution in [-0.2, 0) is 13.2 Å². The third-order valence-corrected chi connectivity index (χ3v) is 2.00. The Morgan fingerprint density at radius 2 is 2.40 bits per heavy atom. The van der Waals surface area contributed by atoms with Crippen molar-refractivity contribution in [3.8, 4) is 0 Å². The second-order valence-electron chi connectivity index (χ2n) is 2.00. The number of H-pyrrole nitrogens is 1. The first kappa shape index (κ1) is 7.78. The summed E-state index contributed by atoms with van der Waals surface area (Å²) in [5.41, 5.74) is 7.13. The fourth-order valence-corrected chi connectivity index (χ4v) is 1.25. The van der Waals surface area contributed by atoms with Crippen molar-refractivity contribution in [2.75, 3.05) is 0 Å². The van der Waals surface area contributed by atoms with Crippen LogP contribution >= 0.6 is 15.9 Å². The summed E-state index contributed by atoms with van der Waals surface area (Å²) in [6, 6.07) is 1.84. The van der Waals surface area contributed by atoms with Crippen LogP contribution < -0.4 is 5.73 Å². The van der Waals surface area contributed by atoms with Crippen LogP contribution in [0.1, 0.15) is 11.3 Å². The lowest BCUT2D eigenvalue weighted by Crippen LogP contribution is -1.95. The van der Waals surface area contributed by atoms with Gasteiger partial charge in [-0.25, -0.2) is 0 Å². The highest BCUT2D eigenvalue weighted by Gasteiger charge is 2.01. The summed E-state index contributed by atoms with van der Waals surface area (Å²) >= 11 is 3.25. The number of aromatic nitrogens is 1. The molecule has 0 spiro atoms. The average Bonchev–Trinajstić information content (AvgIpc) is 2.30. The molecule has 1 aromatic heterocycles. The molecule has 0 atom stereocenters. The molecule has 0 unspecified atom stereocenters. The molecule has 0 aromatic carbocycles. The molecule has 0 bridgehead atoms. The number of hydrogen-bond donors (Lipinski definition) is 3. The number of nitrogens with two attached hydrogens (primary N) is 1. The van der Waals surface area contributed by atoms with E-state index >= 15 is 0 Å². The van der Waals surface area contributed by atoms with Crippen LogP contribution in [0.3, 0.4) is 0 Å². The van der Waals surface area contributed by atoms with E-state index in [1.807, 2.05) is 6.07 Å². The van der Waals surface area contributed by atoms with Crippen molar-refractivity contribution in [3.05, 3.63) is 21.9 Å². The van der Waals surface area contributed by atoms with Crippen LogP contribution in [0.25, 0.3) is 0 Å². The summed E-state index contributed by atoms with van der Waals surface area (Å²) in [4.78, 5) is 2.98. The molecule has 3 nitrogen and oxygen atoms in total. The van der Waals surface area contributed by atoms with Crippen molar-refractivity contribution in [1.29, 1.82) is 0 Å². The van der Waals surface area contributed by atoms with Crippen LogP contribution in [-0.4, -0.2) is 10.1 Å². The smallest absolute Gasteiger partial charge is 0.0878 e. The monoisotopic (exact) mass is 204 g/mol. The first-order chi connectivity index (χ1) is 4.77. The molecule has 56 valence electrons. The minimum absolute atomic E-state index is 0.0388. The number of hydrogen-bond acceptors (Lipinski definition) is 2. The number of aliphatic hydroxyl groups is 1. The largest absolute Gasteiger partial charge is 0.392 e. The molecular formula is C6H9BrN2O. The Labute approximate surface area is 67.4 Å².